The van der Waals surface area contributed by atoms with Crippen LogP contribution < -0.4 is 15.5 Å². The lowest BCUT2D eigenvalue weighted by atomic mass is 10.3. The number of hydrogen-bond acceptors (Lipinski definition) is 5. The Labute approximate surface area is 111 Å². The minimum Gasteiger partial charge on any atom is -0.492 e. The van der Waals surface area contributed by atoms with Crippen LogP contribution in [0.1, 0.15) is 6.92 Å². The Morgan fingerprint density at radius 3 is 2.89 bits per heavy atom. The molecule has 0 atom stereocenters. The highest BCUT2D eigenvalue weighted by molar-refractivity contribution is 5.84. The second-order valence-corrected chi connectivity index (χ2v) is 4.40. The molecule has 1 aliphatic heterocycles. The van der Waals surface area contributed by atoms with E-state index >= 15 is 0 Å². The Bertz CT molecular complexity index is 575. The SMILES string of the molecule is CCOc1cccc2c1nc(N)n2N1CCOCC1. The van der Waals surface area contributed by atoms with E-state index in [0.717, 1.165) is 29.9 Å². The molecule has 0 saturated carbocycles. The zero-order valence-electron chi connectivity index (χ0n) is 11.0. The molecule has 0 amide bonds. The maximum atomic E-state index is 6.06. The van der Waals surface area contributed by atoms with Gasteiger partial charge in [-0.05, 0) is 19.1 Å². The van der Waals surface area contributed by atoms with Crippen LogP contribution in [0.4, 0.5) is 5.95 Å². The lowest BCUT2D eigenvalue weighted by Crippen LogP contribution is -2.44. The van der Waals surface area contributed by atoms with E-state index in [9.17, 15) is 0 Å². The van der Waals surface area contributed by atoms with Gasteiger partial charge in [-0.1, -0.05) is 6.07 Å². The highest BCUT2D eigenvalue weighted by Crippen LogP contribution is 2.27. The van der Waals surface area contributed by atoms with Crippen LogP contribution in [-0.2, 0) is 4.74 Å². The Hall–Kier alpha value is -1.95. The number of nitrogen functional groups attached to an aromatic ring is 1. The van der Waals surface area contributed by atoms with E-state index in [1.807, 2.05) is 29.8 Å². The van der Waals surface area contributed by atoms with Gasteiger partial charge in [0.2, 0.25) is 5.95 Å². The molecule has 0 aliphatic carbocycles. The van der Waals surface area contributed by atoms with E-state index < -0.39 is 0 Å². The van der Waals surface area contributed by atoms with Crippen LogP contribution >= 0.6 is 0 Å². The van der Waals surface area contributed by atoms with E-state index in [1.54, 1.807) is 0 Å². The summed E-state index contributed by atoms with van der Waals surface area (Å²) in [6.07, 6.45) is 0. The number of nitrogens with zero attached hydrogens (tertiary/aromatic N) is 3. The van der Waals surface area contributed by atoms with Crippen molar-refractivity contribution in [1.29, 1.82) is 0 Å². The summed E-state index contributed by atoms with van der Waals surface area (Å²) in [5.41, 5.74) is 7.85. The highest BCUT2D eigenvalue weighted by atomic mass is 16.5. The molecule has 1 aromatic heterocycles. The zero-order chi connectivity index (χ0) is 13.2. The molecule has 102 valence electrons. The number of aromatic nitrogens is 2. The molecule has 0 unspecified atom stereocenters. The number of anilines is 1. The largest absolute Gasteiger partial charge is 0.492 e. The van der Waals surface area contributed by atoms with Gasteiger partial charge in [-0.15, -0.1) is 0 Å². The lowest BCUT2D eigenvalue weighted by Gasteiger charge is -2.30. The molecule has 1 fully saturated rings. The number of hydrogen-bond donors (Lipinski definition) is 1. The minimum atomic E-state index is 0.490. The van der Waals surface area contributed by atoms with Crippen molar-refractivity contribution < 1.29 is 9.47 Å². The first-order chi connectivity index (χ1) is 9.31. The first kappa shape index (κ1) is 12.1. The fraction of sp³-hybridized carbons (Fsp3) is 0.462. The van der Waals surface area contributed by atoms with Crippen molar-refractivity contribution in [3.05, 3.63) is 18.2 Å². The van der Waals surface area contributed by atoms with E-state index in [4.69, 9.17) is 15.2 Å². The van der Waals surface area contributed by atoms with Gasteiger partial charge in [-0.2, -0.15) is 0 Å². The number of nitrogens with two attached hydrogens (primary N) is 1. The number of para-hydroxylation sites is 1. The maximum absolute atomic E-state index is 6.06. The fourth-order valence-corrected chi connectivity index (χ4v) is 2.40. The monoisotopic (exact) mass is 262 g/mol. The third kappa shape index (κ3) is 2.08. The molecule has 1 aliphatic rings. The van der Waals surface area contributed by atoms with Crippen LogP contribution in [0, 0.1) is 0 Å². The van der Waals surface area contributed by atoms with Gasteiger partial charge in [0.1, 0.15) is 11.3 Å². The van der Waals surface area contributed by atoms with Gasteiger partial charge in [0, 0.05) is 0 Å². The predicted octanol–water partition coefficient (Wildman–Crippen LogP) is 0.985. The number of morpholine rings is 1. The van der Waals surface area contributed by atoms with Crippen LogP contribution in [0.25, 0.3) is 11.0 Å². The molecule has 2 aromatic rings. The number of ether oxygens (including phenoxy) is 2. The molecule has 3 rings (SSSR count). The average molecular weight is 262 g/mol. The smallest absolute Gasteiger partial charge is 0.220 e. The van der Waals surface area contributed by atoms with Crippen LogP contribution in [0.3, 0.4) is 0 Å². The summed E-state index contributed by atoms with van der Waals surface area (Å²) >= 11 is 0. The second kappa shape index (κ2) is 4.97. The number of benzene rings is 1. The van der Waals surface area contributed by atoms with Crippen molar-refractivity contribution in [1.82, 2.24) is 9.66 Å². The zero-order valence-corrected chi connectivity index (χ0v) is 11.0. The number of imidazole rings is 1. The number of rotatable bonds is 3. The first-order valence-electron chi connectivity index (χ1n) is 6.54. The molecule has 0 bridgehead atoms. The minimum absolute atomic E-state index is 0.490. The molecule has 6 heteroatoms. The van der Waals surface area contributed by atoms with Gasteiger partial charge in [-0.3, -0.25) is 0 Å². The summed E-state index contributed by atoms with van der Waals surface area (Å²) in [7, 11) is 0. The predicted molar refractivity (Wildman–Crippen MR) is 74.1 cm³/mol. The lowest BCUT2D eigenvalue weighted by molar-refractivity contribution is 0.112. The topological polar surface area (TPSA) is 65.5 Å². The molecular weight excluding hydrogens is 244 g/mol. The van der Waals surface area contributed by atoms with E-state index in [1.165, 1.54) is 0 Å². The number of fused-ring (bicyclic) bond motifs is 1. The molecule has 1 aromatic carbocycles. The second-order valence-electron chi connectivity index (χ2n) is 4.40. The maximum Gasteiger partial charge on any atom is 0.220 e. The summed E-state index contributed by atoms with van der Waals surface area (Å²) in [5, 5.41) is 2.16. The summed E-state index contributed by atoms with van der Waals surface area (Å²) in [4.78, 5) is 4.44. The van der Waals surface area contributed by atoms with Gasteiger partial charge in [0.15, 0.2) is 0 Å². The summed E-state index contributed by atoms with van der Waals surface area (Å²) in [5.74, 6) is 1.27. The van der Waals surface area contributed by atoms with Crippen molar-refractivity contribution in [2.24, 2.45) is 0 Å². The molecule has 0 spiro atoms. The molecule has 2 heterocycles. The molecular formula is C13H18N4O2. The third-order valence-corrected chi connectivity index (χ3v) is 3.22. The van der Waals surface area contributed by atoms with Crippen molar-refractivity contribution in [2.75, 3.05) is 43.7 Å². The molecule has 0 radical (unpaired) electrons. The van der Waals surface area contributed by atoms with Gasteiger partial charge >= 0.3 is 0 Å². The van der Waals surface area contributed by atoms with Crippen LogP contribution in [-0.4, -0.2) is 42.6 Å². The van der Waals surface area contributed by atoms with Gasteiger partial charge in [0.25, 0.3) is 0 Å². The summed E-state index contributed by atoms with van der Waals surface area (Å²) in [6, 6.07) is 5.89. The molecule has 2 N–H and O–H groups in total. The van der Waals surface area contributed by atoms with Crippen LogP contribution in [0.15, 0.2) is 18.2 Å². The van der Waals surface area contributed by atoms with E-state index in [0.29, 0.717) is 25.8 Å². The van der Waals surface area contributed by atoms with E-state index in [2.05, 4.69) is 9.99 Å². The fourth-order valence-electron chi connectivity index (χ4n) is 2.40. The van der Waals surface area contributed by atoms with Crippen molar-refractivity contribution in [2.45, 2.75) is 6.92 Å². The van der Waals surface area contributed by atoms with E-state index in [-0.39, 0.29) is 0 Å². The van der Waals surface area contributed by atoms with Crippen LogP contribution in [0.2, 0.25) is 0 Å². The summed E-state index contributed by atoms with van der Waals surface area (Å²) in [6.45, 7) is 5.63. The van der Waals surface area contributed by atoms with Gasteiger partial charge < -0.3 is 20.2 Å². The molecule has 19 heavy (non-hydrogen) atoms. The normalized spacial score (nSPS) is 15.9. The van der Waals surface area contributed by atoms with Crippen LogP contribution in [0.5, 0.6) is 5.75 Å². The Balaban J connectivity index is 2.08. The summed E-state index contributed by atoms with van der Waals surface area (Å²) < 4.78 is 12.9. The third-order valence-electron chi connectivity index (χ3n) is 3.22. The Morgan fingerprint density at radius 2 is 2.16 bits per heavy atom. The highest BCUT2D eigenvalue weighted by Gasteiger charge is 2.18. The van der Waals surface area contributed by atoms with Gasteiger partial charge in [-0.25, -0.2) is 9.66 Å². The van der Waals surface area contributed by atoms with Gasteiger partial charge in [0.05, 0.1) is 38.4 Å². The van der Waals surface area contributed by atoms with Crippen molar-refractivity contribution in [3.63, 3.8) is 0 Å². The Morgan fingerprint density at radius 1 is 1.37 bits per heavy atom. The molecule has 1 saturated heterocycles. The Kier molecular flexibility index (Phi) is 3.16. The quantitative estimate of drug-likeness (QED) is 0.893. The van der Waals surface area contributed by atoms with Crippen molar-refractivity contribution >= 4 is 17.0 Å². The standard InChI is InChI=1S/C13H18N4O2/c1-2-19-11-5-3-4-10-12(11)15-13(14)17(10)16-6-8-18-9-7-16/h3-5H,2,6-9H2,1H3,(H2,14,15). The van der Waals surface area contributed by atoms with Crippen molar-refractivity contribution in [3.8, 4) is 5.75 Å². The first-order valence-corrected chi connectivity index (χ1v) is 6.54. The average Bonchev–Trinajstić information content (AvgIpc) is 2.77. The molecule has 6 nitrogen and oxygen atoms in total.